The van der Waals surface area contributed by atoms with E-state index in [-0.39, 0.29) is 39.6 Å². The van der Waals surface area contributed by atoms with E-state index in [0.29, 0.717) is 28.9 Å². The molecule has 7 heteroatoms. The van der Waals surface area contributed by atoms with Gasteiger partial charge in [-0.25, -0.2) is 4.79 Å². The summed E-state index contributed by atoms with van der Waals surface area (Å²) in [5.74, 6) is 0.227. The van der Waals surface area contributed by atoms with Crippen LogP contribution in [0, 0.1) is 16.7 Å². The number of ether oxygens (including phenoxy) is 1. The van der Waals surface area contributed by atoms with Crippen molar-refractivity contribution in [3.8, 4) is 11.5 Å². The number of carboxylic acids is 1. The average molecular weight is 549 g/mol. The number of fused-ring (bicyclic) bond motifs is 2. The number of phenolic OH excluding ortho intramolecular Hbond substituents is 1. The molecule has 2 bridgehead atoms. The van der Waals surface area contributed by atoms with E-state index in [1.54, 1.807) is 12.1 Å². The van der Waals surface area contributed by atoms with E-state index in [9.17, 15) is 15.0 Å². The van der Waals surface area contributed by atoms with Gasteiger partial charge >= 0.3 is 5.97 Å². The zero-order valence-corrected chi connectivity index (χ0v) is 23.8. The topological polar surface area (TPSA) is 78.8 Å². The van der Waals surface area contributed by atoms with Gasteiger partial charge in [-0.3, -0.25) is 0 Å². The summed E-state index contributed by atoms with van der Waals surface area (Å²) < 4.78 is 6.35. The fraction of sp³-hybridized carbons (Fsp3) is 0.567. The Kier molecular flexibility index (Phi) is 8.25. The smallest absolute Gasteiger partial charge is 0.339 e. The number of rotatable bonds is 11. The first-order valence-electron chi connectivity index (χ1n) is 13.4. The first-order valence-corrected chi connectivity index (χ1v) is 14.2. The third kappa shape index (κ3) is 5.14. The number of aromatic carboxylic acids is 1. The van der Waals surface area contributed by atoms with Crippen LogP contribution in [0.15, 0.2) is 24.3 Å². The van der Waals surface area contributed by atoms with Gasteiger partial charge in [0.05, 0.1) is 11.6 Å². The molecule has 0 saturated heterocycles. The first kappa shape index (κ1) is 27.9. The summed E-state index contributed by atoms with van der Waals surface area (Å²) in [4.78, 5) is 12.3. The van der Waals surface area contributed by atoms with Crippen LogP contribution in [0.3, 0.4) is 0 Å². The van der Waals surface area contributed by atoms with Gasteiger partial charge in [-0.2, -0.15) is 0 Å². The fourth-order valence-electron chi connectivity index (χ4n) is 6.71. The number of carboxylic acid groups (broad SMARTS) is 1. The van der Waals surface area contributed by atoms with Crippen molar-refractivity contribution in [3.05, 3.63) is 51.0 Å². The lowest BCUT2D eigenvalue weighted by molar-refractivity contribution is 0.0691. The number of carbonyl (C=O) groups is 1. The Morgan fingerprint density at radius 1 is 1.16 bits per heavy atom. The van der Waals surface area contributed by atoms with Crippen LogP contribution < -0.4 is 10.1 Å². The Labute approximate surface area is 230 Å². The molecular formula is C30H39Cl2NO4. The maximum atomic E-state index is 12.3. The maximum Gasteiger partial charge on any atom is 0.339 e. The van der Waals surface area contributed by atoms with Gasteiger partial charge in [-0.1, -0.05) is 70.2 Å². The molecule has 0 amide bonds. The van der Waals surface area contributed by atoms with Gasteiger partial charge in [-0.05, 0) is 72.6 Å². The van der Waals surface area contributed by atoms with E-state index >= 15 is 0 Å². The molecule has 2 saturated carbocycles. The van der Waals surface area contributed by atoms with Crippen LogP contribution in [0.2, 0.25) is 10.0 Å². The second-order valence-corrected chi connectivity index (χ2v) is 12.4. The van der Waals surface area contributed by atoms with Crippen molar-refractivity contribution in [2.75, 3.05) is 11.9 Å². The highest BCUT2D eigenvalue weighted by molar-refractivity contribution is 6.35. The minimum atomic E-state index is -0.983. The lowest BCUT2D eigenvalue weighted by Crippen LogP contribution is -2.32. The number of aromatic hydroxyl groups is 1. The first-order chi connectivity index (χ1) is 17.5. The number of benzene rings is 2. The highest BCUT2D eigenvalue weighted by atomic mass is 35.5. The molecule has 0 aromatic heterocycles. The summed E-state index contributed by atoms with van der Waals surface area (Å²) in [6.45, 7) is 10.0. The Morgan fingerprint density at radius 3 is 2.54 bits per heavy atom. The molecule has 0 heterocycles. The molecule has 3 N–H and O–H groups in total. The zero-order valence-electron chi connectivity index (χ0n) is 22.3. The standard InChI is InChI=1S/C30H39Cl2NO4/c1-5-6-7-8-13-37-27-21(28(35)36)9-10-24(33-17-18-14-20(31)16-23(32)26(18)34)25(27)22-15-19-11-12-30(22,4)29(19,2)3/h9-10,14,16,19,22,33-34H,5-8,11-13,15,17H2,1-4H3,(H,35,36). The SMILES string of the molecule is CCCCCCOc1c(C(=O)O)ccc(NCc2cc(Cl)cc(Cl)c2O)c1C1CC2CCC1(C)C2(C)C. The second-order valence-electron chi connectivity index (χ2n) is 11.5. The van der Waals surface area contributed by atoms with Gasteiger partial charge in [0.25, 0.3) is 0 Å². The van der Waals surface area contributed by atoms with E-state index in [1.165, 1.54) is 12.5 Å². The maximum absolute atomic E-state index is 12.3. The molecule has 2 aliphatic carbocycles. The molecule has 2 aromatic carbocycles. The second kappa shape index (κ2) is 10.9. The number of halogens is 2. The zero-order chi connectivity index (χ0) is 27.0. The number of hydrogen-bond donors (Lipinski definition) is 3. The molecule has 0 radical (unpaired) electrons. The van der Waals surface area contributed by atoms with Gasteiger partial charge in [-0.15, -0.1) is 0 Å². The van der Waals surface area contributed by atoms with Gasteiger partial charge in [0.1, 0.15) is 17.1 Å². The Balaban J connectivity index is 1.76. The van der Waals surface area contributed by atoms with Crippen LogP contribution in [-0.2, 0) is 6.54 Å². The van der Waals surface area contributed by atoms with Crippen LogP contribution in [-0.4, -0.2) is 22.8 Å². The summed E-state index contributed by atoms with van der Waals surface area (Å²) in [7, 11) is 0. The highest BCUT2D eigenvalue weighted by Crippen LogP contribution is 2.72. The molecule has 0 aliphatic heterocycles. The summed E-state index contributed by atoms with van der Waals surface area (Å²) in [5.41, 5.74) is 2.72. The lowest BCUT2D eigenvalue weighted by atomic mass is 9.64. The van der Waals surface area contributed by atoms with E-state index in [2.05, 4.69) is 33.0 Å². The molecule has 2 aliphatic rings. The van der Waals surface area contributed by atoms with Crippen molar-refractivity contribution in [1.29, 1.82) is 0 Å². The van der Waals surface area contributed by atoms with Gasteiger partial charge in [0.15, 0.2) is 0 Å². The number of nitrogens with one attached hydrogen (secondary N) is 1. The Hall–Kier alpha value is -2.11. The van der Waals surface area contributed by atoms with E-state index < -0.39 is 5.97 Å². The van der Waals surface area contributed by atoms with E-state index in [4.69, 9.17) is 27.9 Å². The van der Waals surface area contributed by atoms with Crippen molar-refractivity contribution >= 4 is 34.9 Å². The quantitative estimate of drug-likeness (QED) is 0.244. The third-order valence-corrected chi connectivity index (χ3v) is 9.90. The van der Waals surface area contributed by atoms with Crippen molar-refractivity contribution in [2.24, 2.45) is 16.7 Å². The van der Waals surface area contributed by atoms with Crippen LogP contribution >= 0.6 is 23.2 Å². The van der Waals surface area contributed by atoms with Crippen LogP contribution in [0.5, 0.6) is 11.5 Å². The number of phenols is 1. The Morgan fingerprint density at radius 2 is 1.92 bits per heavy atom. The molecule has 2 fully saturated rings. The minimum Gasteiger partial charge on any atom is -0.506 e. The molecule has 37 heavy (non-hydrogen) atoms. The van der Waals surface area contributed by atoms with Crippen LogP contribution in [0.4, 0.5) is 5.69 Å². The molecule has 5 nitrogen and oxygen atoms in total. The van der Waals surface area contributed by atoms with Crippen LogP contribution in [0.1, 0.15) is 100 Å². The Bertz CT molecular complexity index is 1160. The number of anilines is 1. The van der Waals surface area contributed by atoms with Crippen molar-refractivity contribution < 1.29 is 19.7 Å². The molecule has 0 spiro atoms. The number of hydrogen-bond acceptors (Lipinski definition) is 4. The molecular weight excluding hydrogens is 509 g/mol. The summed E-state index contributed by atoms with van der Waals surface area (Å²) in [5, 5.41) is 24.7. The molecule has 2 aromatic rings. The van der Waals surface area contributed by atoms with Crippen molar-refractivity contribution in [2.45, 2.75) is 85.1 Å². The molecule has 202 valence electrons. The summed E-state index contributed by atoms with van der Waals surface area (Å²) in [6, 6.07) is 6.67. The van der Waals surface area contributed by atoms with Crippen LogP contribution in [0.25, 0.3) is 0 Å². The van der Waals surface area contributed by atoms with Crippen molar-refractivity contribution in [3.63, 3.8) is 0 Å². The molecule has 4 rings (SSSR count). The predicted molar refractivity (Wildman–Crippen MR) is 150 cm³/mol. The highest BCUT2D eigenvalue weighted by Gasteiger charge is 2.62. The van der Waals surface area contributed by atoms with E-state index in [0.717, 1.165) is 49.8 Å². The largest absolute Gasteiger partial charge is 0.506 e. The average Bonchev–Trinajstić information content (AvgIpc) is 3.18. The van der Waals surface area contributed by atoms with Gasteiger partial charge in [0.2, 0.25) is 0 Å². The molecule has 3 unspecified atom stereocenters. The number of unbranched alkanes of at least 4 members (excludes halogenated alkanes) is 3. The fourth-order valence-corrected chi connectivity index (χ4v) is 7.25. The van der Waals surface area contributed by atoms with Gasteiger partial charge in [0, 0.05) is 28.4 Å². The summed E-state index contributed by atoms with van der Waals surface area (Å²) in [6.07, 6.45) is 7.50. The van der Waals surface area contributed by atoms with E-state index in [1.807, 2.05) is 6.07 Å². The lowest BCUT2D eigenvalue weighted by Gasteiger charge is -2.40. The molecule has 3 atom stereocenters. The predicted octanol–water partition coefficient (Wildman–Crippen LogP) is 8.90. The summed E-state index contributed by atoms with van der Waals surface area (Å²) >= 11 is 12.4. The van der Waals surface area contributed by atoms with Crippen molar-refractivity contribution in [1.82, 2.24) is 0 Å². The third-order valence-electron chi connectivity index (χ3n) is 9.39. The monoisotopic (exact) mass is 547 g/mol. The normalized spacial score (nSPS) is 23.8. The van der Waals surface area contributed by atoms with Gasteiger partial charge < -0.3 is 20.3 Å². The minimum absolute atomic E-state index is 0.0114.